The average molecular weight is 936 g/mol. The normalized spacial score (nSPS) is 14.8. The second-order valence-corrected chi connectivity index (χ2v) is 19.9. The van der Waals surface area contributed by atoms with Crippen LogP contribution >= 0.6 is 7.82 Å². The number of carbonyl (C=O) groups excluding carboxylic acids is 2. The lowest BCUT2D eigenvalue weighted by Crippen LogP contribution is -2.37. The van der Waals surface area contributed by atoms with Crippen molar-refractivity contribution >= 4 is 19.8 Å². The highest BCUT2D eigenvalue weighted by atomic mass is 31.2. The number of ether oxygens (including phenoxy) is 2. The highest BCUT2D eigenvalue weighted by Gasteiger charge is 2.22. The van der Waals surface area contributed by atoms with Crippen LogP contribution in [-0.4, -0.2) is 92.5 Å². The number of phosphoric acid groups is 1. The maximum Gasteiger partial charge on any atom is 0.306 e. The monoisotopic (exact) mass is 936 g/mol. The lowest BCUT2D eigenvalue weighted by Gasteiger charge is -2.28. The second-order valence-electron chi connectivity index (χ2n) is 18.5. The van der Waals surface area contributed by atoms with E-state index in [0.29, 0.717) is 36.7 Å². The molecule has 2 N–H and O–H groups in total. The van der Waals surface area contributed by atoms with Crippen LogP contribution in [0, 0.1) is 13.8 Å². The van der Waals surface area contributed by atoms with Crippen molar-refractivity contribution in [3.63, 3.8) is 0 Å². The fourth-order valence-electron chi connectivity index (χ4n) is 6.99. The maximum atomic E-state index is 12.8. The van der Waals surface area contributed by atoms with Crippen LogP contribution < -0.4 is 4.89 Å². The topological polar surface area (TPSA) is 165 Å². The smallest absolute Gasteiger partial charge is 0.306 e. The third-order valence-electron chi connectivity index (χ3n) is 11.3. The summed E-state index contributed by atoms with van der Waals surface area (Å²) in [6.45, 7) is 8.19. The summed E-state index contributed by atoms with van der Waals surface area (Å²) in [5, 5.41) is 20.2. The number of carbonyl (C=O) groups is 2. The number of quaternary nitrogens is 1. The molecule has 1 heterocycles. The van der Waals surface area contributed by atoms with Crippen LogP contribution in [0.25, 0.3) is 0 Å². The van der Waals surface area contributed by atoms with Gasteiger partial charge in [0, 0.05) is 25.7 Å². The fraction of sp³-hybridized carbons (Fsp3) is 0.731. The highest BCUT2D eigenvalue weighted by molar-refractivity contribution is 7.45. The predicted octanol–water partition coefficient (Wildman–Crippen LogP) is 11.2. The van der Waals surface area contributed by atoms with Gasteiger partial charge in [-0.05, 0) is 69.9 Å². The number of hydrogen-bond donors (Lipinski definition) is 2. The summed E-state index contributed by atoms with van der Waals surface area (Å²) < 4.78 is 40.1. The van der Waals surface area contributed by atoms with Crippen molar-refractivity contribution in [1.82, 2.24) is 0 Å². The molecule has 0 saturated carbocycles. The van der Waals surface area contributed by atoms with Crippen molar-refractivity contribution < 1.29 is 56.7 Å². The Balaban J connectivity index is 2.40. The molecule has 65 heavy (non-hydrogen) atoms. The molecule has 0 aliphatic rings. The summed E-state index contributed by atoms with van der Waals surface area (Å²) >= 11 is 0. The van der Waals surface area contributed by atoms with E-state index in [2.05, 4.69) is 27.7 Å². The van der Waals surface area contributed by atoms with E-state index in [1.165, 1.54) is 67.6 Å². The molecule has 0 aliphatic heterocycles. The van der Waals surface area contributed by atoms with E-state index in [9.17, 15) is 29.3 Å². The Hall–Kier alpha value is -2.83. The minimum absolute atomic E-state index is 0.0212. The summed E-state index contributed by atoms with van der Waals surface area (Å²) in [4.78, 5) is 37.8. The Morgan fingerprint density at radius 3 is 1.71 bits per heavy atom. The molecular weight excluding hydrogens is 846 g/mol. The summed E-state index contributed by atoms with van der Waals surface area (Å²) in [6, 6.07) is 0. The molecule has 0 fully saturated rings. The Morgan fingerprint density at radius 1 is 0.662 bits per heavy atom. The van der Waals surface area contributed by atoms with Crippen LogP contribution in [0.15, 0.2) is 53.0 Å². The molecule has 0 saturated heterocycles. The summed E-state index contributed by atoms with van der Waals surface area (Å²) in [6.07, 6.45) is 34.6. The first-order valence-electron chi connectivity index (χ1n) is 24.9. The number of furan rings is 1. The van der Waals surface area contributed by atoms with Gasteiger partial charge in [-0.25, -0.2) is 0 Å². The first-order chi connectivity index (χ1) is 31.1. The summed E-state index contributed by atoms with van der Waals surface area (Å²) in [5.74, 6) is 1.27. The van der Waals surface area contributed by atoms with Crippen LogP contribution in [-0.2, 0) is 45.5 Å². The number of phosphoric ester groups is 1. The third kappa shape index (κ3) is 34.2. The zero-order valence-electron chi connectivity index (χ0n) is 41.6. The van der Waals surface area contributed by atoms with E-state index >= 15 is 0 Å². The summed E-state index contributed by atoms with van der Waals surface area (Å²) in [7, 11) is 1.02. The number of aryl methyl sites for hydroxylation is 2. The van der Waals surface area contributed by atoms with Crippen LogP contribution in [0.3, 0.4) is 0 Å². The molecule has 0 bridgehead atoms. The van der Waals surface area contributed by atoms with Crippen molar-refractivity contribution in [2.24, 2.45) is 0 Å². The molecule has 0 spiro atoms. The van der Waals surface area contributed by atoms with Gasteiger partial charge in [-0.2, -0.15) is 0 Å². The van der Waals surface area contributed by atoms with Crippen LogP contribution in [0.4, 0.5) is 0 Å². The van der Waals surface area contributed by atoms with E-state index in [1.807, 2.05) is 51.5 Å². The Kier molecular flexibility index (Phi) is 34.4. The van der Waals surface area contributed by atoms with Crippen molar-refractivity contribution in [2.45, 2.75) is 200 Å². The van der Waals surface area contributed by atoms with Gasteiger partial charge in [0.2, 0.25) is 0 Å². The number of hydrogen-bond acceptors (Lipinski definition) is 11. The molecule has 4 atom stereocenters. The number of aliphatic hydroxyl groups excluding tert-OH is 2. The lowest BCUT2D eigenvalue weighted by atomic mass is 10.0. The van der Waals surface area contributed by atoms with Crippen LogP contribution in [0.1, 0.15) is 178 Å². The number of allylic oxidation sites excluding steroid dienone is 6. The molecule has 1 aromatic rings. The minimum Gasteiger partial charge on any atom is -0.756 e. The first kappa shape index (κ1) is 60.2. The van der Waals surface area contributed by atoms with Crippen molar-refractivity contribution in [1.29, 1.82) is 0 Å². The van der Waals surface area contributed by atoms with Crippen molar-refractivity contribution in [2.75, 3.05) is 47.5 Å². The molecule has 0 radical (unpaired) electrons. The van der Waals surface area contributed by atoms with Gasteiger partial charge in [0.15, 0.2) is 6.10 Å². The average Bonchev–Trinajstić information content (AvgIpc) is 3.51. The van der Waals surface area contributed by atoms with E-state index in [0.717, 1.165) is 70.6 Å². The molecule has 12 nitrogen and oxygen atoms in total. The molecule has 0 aromatic carbocycles. The minimum atomic E-state index is -4.70. The number of aliphatic hydroxyl groups is 2. The SMILES string of the molecule is CCCCCc1oc(CCCCCCCCCCCCC(=O)O[C@H](COC(=O)CCC[C@@H](O)/C=C/C=C\C/C=C\C=C\[C@@H](O)CCCCC)COP(=O)([O-])OCC[N+](C)(C)C)c(C)c1C. The third-order valence-corrected chi connectivity index (χ3v) is 12.2. The number of unbranched alkanes of at least 4 members (excludes halogenated alkanes) is 13. The number of rotatable bonds is 41. The van der Waals surface area contributed by atoms with Crippen LogP contribution in [0.2, 0.25) is 0 Å². The van der Waals surface area contributed by atoms with Crippen molar-refractivity contribution in [3.8, 4) is 0 Å². The lowest BCUT2D eigenvalue weighted by molar-refractivity contribution is -0.870. The Labute approximate surface area is 394 Å². The quantitative estimate of drug-likeness (QED) is 0.0211. The Morgan fingerprint density at radius 2 is 1.15 bits per heavy atom. The van der Waals surface area contributed by atoms with Gasteiger partial charge >= 0.3 is 11.9 Å². The molecule has 13 heteroatoms. The molecular formula is C52H90NO11P. The van der Waals surface area contributed by atoms with Gasteiger partial charge in [0.05, 0.1) is 40.0 Å². The molecule has 1 unspecified atom stereocenters. The van der Waals surface area contributed by atoms with Gasteiger partial charge < -0.3 is 42.5 Å². The van der Waals surface area contributed by atoms with Gasteiger partial charge in [-0.3, -0.25) is 14.2 Å². The van der Waals surface area contributed by atoms with E-state index in [-0.39, 0.29) is 26.1 Å². The number of likely N-dealkylation sites (N-methyl/N-ethyl adjacent to an activating group) is 1. The standard InChI is InChI=1S/C52H90NO11P/c1-8-10-25-32-46(54)33-27-21-17-16-18-22-28-34-47(55)35-31-39-51(56)60-42-48(43-62-65(58,59)61-41-40-53(5,6)7)63-52(57)38-30-24-20-15-13-12-14-19-23-29-37-50-45(4)44(3)49(64-50)36-26-11-9-2/h17-18,21-22,27-28,33-34,46-48,54-55H,8-16,19-20,23-26,29-32,35-43H2,1-7H3/b21-17-,22-18-,33-27+,34-28+/t46-,47-,48+/m0/s1. The number of esters is 2. The Bertz CT molecular complexity index is 1560. The highest BCUT2D eigenvalue weighted by Crippen LogP contribution is 2.38. The fourth-order valence-corrected chi connectivity index (χ4v) is 7.72. The van der Waals surface area contributed by atoms with Crippen LogP contribution in [0.5, 0.6) is 0 Å². The van der Waals surface area contributed by atoms with Crippen molar-refractivity contribution in [3.05, 3.63) is 71.3 Å². The zero-order chi connectivity index (χ0) is 48.2. The van der Waals surface area contributed by atoms with Gasteiger partial charge in [0.1, 0.15) is 31.3 Å². The molecule has 1 aromatic heterocycles. The number of nitrogens with zero attached hydrogens (tertiary/aromatic N) is 1. The van der Waals surface area contributed by atoms with Gasteiger partial charge in [0.25, 0.3) is 7.82 Å². The van der Waals surface area contributed by atoms with Gasteiger partial charge in [-0.15, -0.1) is 0 Å². The second kappa shape index (κ2) is 37.2. The molecule has 0 aliphatic carbocycles. The molecule has 374 valence electrons. The van der Waals surface area contributed by atoms with E-state index < -0.39 is 44.7 Å². The molecule has 1 rings (SSSR count). The van der Waals surface area contributed by atoms with E-state index in [1.54, 1.807) is 18.2 Å². The zero-order valence-corrected chi connectivity index (χ0v) is 42.5. The summed E-state index contributed by atoms with van der Waals surface area (Å²) in [5.41, 5.74) is 2.67. The maximum absolute atomic E-state index is 12.8. The largest absolute Gasteiger partial charge is 0.756 e. The molecule has 0 amide bonds. The predicted molar refractivity (Wildman–Crippen MR) is 260 cm³/mol. The van der Waals surface area contributed by atoms with Gasteiger partial charge in [-0.1, -0.05) is 146 Å². The first-order valence-corrected chi connectivity index (χ1v) is 26.4. The van der Waals surface area contributed by atoms with E-state index in [4.69, 9.17) is 22.9 Å².